The van der Waals surface area contributed by atoms with Crippen molar-refractivity contribution in [3.8, 4) is 0 Å². The second kappa shape index (κ2) is 5.71. The van der Waals surface area contributed by atoms with E-state index in [2.05, 4.69) is 6.92 Å². The summed E-state index contributed by atoms with van der Waals surface area (Å²) in [5.41, 5.74) is 0. The van der Waals surface area contributed by atoms with Crippen LogP contribution >= 0.6 is 0 Å². The van der Waals surface area contributed by atoms with Crippen LogP contribution in [0.5, 0.6) is 0 Å². The molecule has 0 bridgehead atoms. The molecule has 2 aromatic rings. The molecule has 1 saturated heterocycles. The normalized spacial score (nSPS) is 21.8. The van der Waals surface area contributed by atoms with E-state index < -0.39 is 5.97 Å². The third-order valence-corrected chi connectivity index (χ3v) is 4.02. The van der Waals surface area contributed by atoms with Crippen LogP contribution in [0.1, 0.15) is 52.7 Å². The molecule has 6 heteroatoms. The molecule has 0 radical (unpaired) electrons. The first-order chi connectivity index (χ1) is 10.6. The van der Waals surface area contributed by atoms with Crippen LogP contribution in [-0.2, 0) is 0 Å². The van der Waals surface area contributed by atoms with Crippen LogP contribution in [-0.4, -0.2) is 28.4 Å². The van der Waals surface area contributed by atoms with E-state index in [-0.39, 0.29) is 23.5 Å². The third-order valence-electron chi connectivity index (χ3n) is 4.02. The summed E-state index contributed by atoms with van der Waals surface area (Å²) in [6.45, 7) is 2.74. The Bertz CT molecular complexity index is 673. The van der Waals surface area contributed by atoms with E-state index in [0.29, 0.717) is 12.5 Å². The quantitative estimate of drug-likeness (QED) is 0.941. The molecule has 1 N–H and O–H groups in total. The lowest BCUT2D eigenvalue weighted by molar-refractivity contribution is 0.0484. The van der Waals surface area contributed by atoms with Crippen LogP contribution in [0.2, 0.25) is 0 Å². The Balaban J connectivity index is 1.86. The Morgan fingerprint density at radius 2 is 2.05 bits per heavy atom. The Kier molecular flexibility index (Phi) is 3.75. The molecule has 6 nitrogen and oxygen atoms in total. The van der Waals surface area contributed by atoms with Gasteiger partial charge in [-0.25, -0.2) is 4.79 Å². The largest absolute Gasteiger partial charge is 0.475 e. The van der Waals surface area contributed by atoms with Crippen LogP contribution in [0, 0.1) is 5.92 Å². The molecule has 116 valence electrons. The molecular weight excluding hydrogens is 286 g/mol. The first-order valence-electron chi connectivity index (χ1n) is 7.23. The molecule has 1 fully saturated rings. The number of hydrogen-bond acceptors (Lipinski definition) is 4. The highest BCUT2D eigenvalue weighted by Gasteiger charge is 2.34. The molecule has 1 amide bonds. The second-order valence-electron chi connectivity index (χ2n) is 5.63. The van der Waals surface area contributed by atoms with Gasteiger partial charge in [-0.05, 0) is 43.0 Å². The van der Waals surface area contributed by atoms with Gasteiger partial charge in [0.2, 0.25) is 5.76 Å². The van der Waals surface area contributed by atoms with E-state index in [9.17, 15) is 9.59 Å². The molecule has 0 saturated carbocycles. The van der Waals surface area contributed by atoms with Crippen molar-refractivity contribution in [2.24, 2.45) is 5.92 Å². The van der Waals surface area contributed by atoms with Crippen molar-refractivity contribution >= 4 is 11.9 Å². The summed E-state index contributed by atoms with van der Waals surface area (Å²) in [4.78, 5) is 25.2. The Morgan fingerprint density at radius 3 is 2.68 bits per heavy atom. The number of carbonyl (C=O) groups excluding carboxylic acids is 1. The molecular formula is C16H17NO5. The van der Waals surface area contributed by atoms with Crippen molar-refractivity contribution in [2.45, 2.75) is 25.8 Å². The van der Waals surface area contributed by atoms with Crippen molar-refractivity contribution in [3.05, 3.63) is 47.8 Å². The number of likely N-dealkylation sites (tertiary alicyclic amines) is 1. The highest BCUT2D eigenvalue weighted by Crippen LogP contribution is 2.35. The smallest absolute Gasteiger partial charge is 0.371 e. The number of hydrogen-bond donors (Lipinski definition) is 1. The number of nitrogens with zero attached hydrogens (tertiary/aromatic N) is 1. The van der Waals surface area contributed by atoms with Crippen LogP contribution in [0.15, 0.2) is 39.4 Å². The zero-order valence-corrected chi connectivity index (χ0v) is 12.2. The van der Waals surface area contributed by atoms with Gasteiger partial charge in [0.15, 0.2) is 5.76 Å². The molecule has 2 atom stereocenters. The van der Waals surface area contributed by atoms with Crippen LogP contribution in [0.4, 0.5) is 0 Å². The van der Waals surface area contributed by atoms with Crippen LogP contribution in [0.25, 0.3) is 0 Å². The number of aromatic carboxylic acids is 1. The molecule has 2 unspecified atom stereocenters. The lowest BCUT2D eigenvalue weighted by atomic mass is 9.91. The van der Waals surface area contributed by atoms with Gasteiger partial charge in [0.1, 0.15) is 5.76 Å². The molecule has 0 aromatic carbocycles. The van der Waals surface area contributed by atoms with Gasteiger partial charge in [0.25, 0.3) is 5.91 Å². The fraction of sp³-hybridized carbons (Fsp3) is 0.375. The fourth-order valence-electron chi connectivity index (χ4n) is 2.84. The van der Waals surface area contributed by atoms with E-state index in [1.807, 2.05) is 6.07 Å². The number of carboxylic acid groups (broad SMARTS) is 1. The van der Waals surface area contributed by atoms with Crippen molar-refractivity contribution in [1.29, 1.82) is 0 Å². The number of piperidine rings is 1. The number of amides is 1. The zero-order chi connectivity index (χ0) is 15.7. The van der Waals surface area contributed by atoms with Gasteiger partial charge in [0.05, 0.1) is 12.3 Å². The minimum Gasteiger partial charge on any atom is -0.475 e. The van der Waals surface area contributed by atoms with Gasteiger partial charge in [-0.2, -0.15) is 0 Å². The maximum atomic E-state index is 12.6. The van der Waals surface area contributed by atoms with Gasteiger partial charge < -0.3 is 18.8 Å². The molecule has 1 aliphatic heterocycles. The van der Waals surface area contributed by atoms with Crippen molar-refractivity contribution < 1.29 is 23.5 Å². The van der Waals surface area contributed by atoms with Gasteiger partial charge in [-0.15, -0.1) is 0 Å². The lowest BCUT2D eigenvalue weighted by Crippen LogP contribution is -2.40. The summed E-state index contributed by atoms with van der Waals surface area (Å²) < 4.78 is 10.6. The standard InChI is InChI=1S/C16H17NO5/c1-10-6-7-17(11(9-10)12-3-2-8-21-12)15(18)13-4-5-14(22-13)16(19)20/h2-5,8,10-11H,6-7,9H2,1H3,(H,19,20). The minimum atomic E-state index is -1.19. The summed E-state index contributed by atoms with van der Waals surface area (Å²) in [6.07, 6.45) is 3.30. The summed E-state index contributed by atoms with van der Waals surface area (Å²) in [7, 11) is 0. The molecule has 0 spiro atoms. The second-order valence-corrected chi connectivity index (χ2v) is 5.63. The van der Waals surface area contributed by atoms with Crippen molar-refractivity contribution in [3.63, 3.8) is 0 Å². The monoisotopic (exact) mass is 303 g/mol. The molecule has 22 heavy (non-hydrogen) atoms. The van der Waals surface area contributed by atoms with Crippen LogP contribution < -0.4 is 0 Å². The first kappa shape index (κ1) is 14.4. The summed E-state index contributed by atoms with van der Waals surface area (Å²) in [5, 5.41) is 8.89. The topological polar surface area (TPSA) is 83.9 Å². The van der Waals surface area contributed by atoms with Gasteiger partial charge >= 0.3 is 5.97 Å². The summed E-state index contributed by atoms with van der Waals surface area (Å²) in [5.74, 6) is -0.447. The summed E-state index contributed by atoms with van der Waals surface area (Å²) >= 11 is 0. The molecule has 0 aliphatic carbocycles. The van der Waals surface area contributed by atoms with E-state index in [4.69, 9.17) is 13.9 Å². The maximum absolute atomic E-state index is 12.6. The van der Waals surface area contributed by atoms with Gasteiger partial charge in [0, 0.05) is 6.54 Å². The van der Waals surface area contributed by atoms with E-state index >= 15 is 0 Å². The number of furan rings is 2. The van der Waals surface area contributed by atoms with E-state index in [0.717, 1.165) is 18.6 Å². The number of rotatable bonds is 3. The highest BCUT2D eigenvalue weighted by molar-refractivity contribution is 5.93. The van der Waals surface area contributed by atoms with Gasteiger partial charge in [-0.3, -0.25) is 4.79 Å². The SMILES string of the molecule is CC1CCN(C(=O)c2ccc(C(=O)O)o2)C(c2ccco2)C1. The molecule has 3 rings (SSSR count). The maximum Gasteiger partial charge on any atom is 0.371 e. The molecule has 2 aromatic heterocycles. The van der Waals surface area contributed by atoms with Crippen LogP contribution in [0.3, 0.4) is 0 Å². The summed E-state index contributed by atoms with van der Waals surface area (Å²) in [6, 6.07) is 6.21. The average Bonchev–Trinajstić information content (AvgIpc) is 3.18. The Hall–Kier alpha value is -2.50. The number of carbonyl (C=O) groups is 2. The lowest BCUT2D eigenvalue weighted by Gasteiger charge is -2.36. The van der Waals surface area contributed by atoms with Crippen molar-refractivity contribution in [2.75, 3.05) is 6.54 Å². The Labute approximate surface area is 127 Å². The molecule has 3 heterocycles. The van der Waals surface area contributed by atoms with Gasteiger partial charge in [-0.1, -0.05) is 6.92 Å². The van der Waals surface area contributed by atoms with Crippen molar-refractivity contribution in [1.82, 2.24) is 4.90 Å². The minimum absolute atomic E-state index is 0.0449. The predicted molar refractivity (Wildman–Crippen MR) is 76.6 cm³/mol. The van der Waals surface area contributed by atoms with E-state index in [1.165, 1.54) is 12.1 Å². The number of carboxylic acids is 1. The zero-order valence-electron chi connectivity index (χ0n) is 12.2. The first-order valence-corrected chi connectivity index (χ1v) is 7.23. The van der Waals surface area contributed by atoms with E-state index in [1.54, 1.807) is 17.2 Å². The average molecular weight is 303 g/mol. The predicted octanol–water partition coefficient (Wildman–Crippen LogP) is 3.18. The molecule has 1 aliphatic rings. The third kappa shape index (κ3) is 2.64. The Morgan fingerprint density at radius 1 is 1.27 bits per heavy atom. The fourth-order valence-corrected chi connectivity index (χ4v) is 2.84. The highest BCUT2D eigenvalue weighted by atomic mass is 16.4.